The zero-order valence-corrected chi connectivity index (χ0v) is 8.46. The van der Waals surface area contributed by atoms with Crippen molar-refractivity contribution in [2.45, 2.75) is 26.1 Å². The van der Waals surface area contributed by atoms with Gasteiger partial charge in [-0.1, -0.05) is 24.3 Å². The van der Waals surface area contributed by atoms with Gasteiger partial charge in [0, 0.05) is 0 Å². The van der Waals surface area contributed by atoms with Crippen molar-refractivity contribution >= 4 is 0 Å². The molecule has 0 atom stereocenters. The summed E-state index contributed by atoms with van der Waals surface area (Å²) in [6, 6.07) is 8.33. The molecule has 3 rings (SSSR count). The van der Waals surface area contributed by atoms with E-state index in [2.05, 4.69) is 17.4 Å². The summed E-state index contributed by atoms with van der Waals surface area (Å²) in [5.74, 6) is 0. The van der Waals surface area contributed by atoms with Crippen molar-refractivity contribution in [1.29, 1.82) is 0 Å². The fourth-order valence-electron chi connectivity index (χ4n) is 1.74. The van der Waals surface area contributed by atoms with Crippen molar-refractivity contribution in [3.05, 3.63) is 35.4 Å². The summed E-state index contributed by atoms with van der Waals surface area (Å²) >= 11 is 0. The minimum absolute atomic E-state index is 0.802. The molecule has 0 radical (unpaired) electrons. The predicted molar refractivity (Wildman–Crippen MR) is 57.0 cm³/mol. The van der Waals surface area contributed by atoms with Crippen LogP contribution < -0.4 is 5.32 Å². The first kappa shape index (κ1) is 9.69. The first-order chi connectivity index (χ1) is 6.97. The van der Waals surface area contributed by atoms with E-state index in [1.54, 1.807) is 0 Å². The van der Waals surface area contributed by atoms with Crippen LogP contribution >= 0.6 is 0 Å². The Morgan fingerprint density at radius 2 is 1.50 bits per heavy atom. The smallest absolute Gasteiger partial charge is 0.0724 e. The van der Waals surface area contributed by atoms with E-state index >= 15 is 0 Å². The Labute approximate surface area is 85.3 Å². The van der Waals surface area contributed by atoms with Crippen LogP contribution in [0.4, 0.5) is 0 Å². The molecular weight excluding hydrogens is 174 g/mol. The number of hydrogen-bond donors (Lipinski definition) is 1. The minimum Gasteiger partial charge on any atom is -0.372 e. The maximum absolute atomic E-state index is 5.21. The van der Waals surface area contributed by atoms with Gasteiger partial charge in [-0.05, 0) is 37.1 Å². The summed E-state index contributed by atoms with van der Waals surface area (Å²) < 4.78 is 5.21. The topological polar surface area (TPSA) is 21.3 Å². The largest absolute Gasteiger partial charge is 0.372 e. The molecule has 0 saturated carbocycles. The average molecular weight is 191 g/mol. The van der Waals surface area contributed by atoms with Gasteiger partial charge in [0.05, 0.1) is 13.2 Å². The zero-order chi connectivity index (χ0) is 9.64. The molecule has 0 aliphatic carbocycles. The van der Waals surface area contributed by atoms with Crippen molar-refractivity contribution < 1.29 is 4.74 Å². The van der Waals surface area contributed by atoms with Crippen LogP contribution in [0, 0.1) is 0 Å². The molecule has 1 saturated heterocycles. The highest BCUT2D eigenvalue weighted by Crippen LogP contribution is 2.17. The van der Waals surface area contributed by atoms with E-state index in [1.807, 2.05) is 12.1 Å². The fraction of sp³-hybridized carbons (Fsp3) is 0.500. The molecule has 76 valence electrons. The number of hydrogen-bond acceptors (Lipinski definition) is 2. The quantitative estimate of drug-likeness (QED) is 0.678. The Morgan fingerprint density at radius 3 is 1.93 bits per heavy atom. The highest BCUT2D eigenvalue weighted by Gasteiger charge is 2.07. The second kappa shape index (κ2) is 5.13. The maximum Gasteiger partial charge on any atom is 0.0724 e. The van der Waals surface area contributed by atoms with Crippen LogP contribution in [0.5, 0.6) is 0 Å². The van der Waals surface area contributed by atoms with Crippen LogP contribution in [0.3, 0.4) is 0 Å². The van der Waals surface area contributed by atoms with Gasteiger partial charge in [0.2, 0.25) is 0 Å². The molecule has 2 aliphatic rings. The van der Waals surface area contributed by atoms with Crippen LogP contribution in [0.25, 0.3) is 0 Å². The summed E-state index contributed by atoms with van der Waals surface area (Å²) in [5.41, 5.74) is 2.69. The number of nitrogens with one attached hydrogen (secondary N) is 1. The standard InChI is InChI=1S/C8H8O.C4H9N/c1-2-4-8-6-9-5-7(8)3-1;1-2-4-5-3-1/h1-4H,5-6H2;5H,1-4H2. The zero-order valence-electron chi connectivity index (χ0n) is 8.46. The molecule has 1 fully saturated rings. The summed E-state index contributed by atoms with van der Waals surface area (Å²) in [4.78, 5) is 0. The first-order valence-electron chi connectivity index (χ1n) is 5.32. The van der Waals surface area contributed by atoms with Gasteiger partial charge in [-0.3, -0.25) is 0 Å². The van der Waals surface area contributed by atoms with Crippen molar-refractivity contribution in [3.63, 3.8) is 0 Å². The first-order valence-corrected chi connectivity index (χ1v) is 5.32. The summed E-state index contributed by atoms with van der Waals surface area (Å²) in [7, 11) is 0. The third-order valence-electron chi connectivity index (χ3n) is 2.59. The number of fused-ring (bicyclic) bond motifs is 1. The monoisotopic (exact) mass is 191 g/mol. The molecule has 0 aromatic heterocycles. The third kappa shape index (κ3) is 2.56. The van der Waals surface area contributed by atoms with Gasteiger partial charge in [0.15, 0.2) is 0 Å². The second-order valence-corrected chi connectivity index (χ2v) is 3.72. The average Bonchev–Trinajstić information content (AvgIpc) is 2.92. The van der Waals surface area contributed by atoms with Gasteiger partial charge in [-0.25, -0.2) is 0 Å². The van der Waals surface area contributed by atoms with E-state index in [0.29, 0.717) is 0 Å². The van der Waals surface area contributed by atoms with Gasteiger partial charge >= 0.3 is 0 Å². The third-order valence-corrected chi connectivity index (χ3v) is 2.59. The van der Waals surface area contributed by atoms with Crippen molar-refractivity contribution in [3.8, 4) is 0 Å². The summed E-state index contributed by atoms with van der Waals surface area (Å²) in [6.07, 6.45) is 2.78. The molecule has 1 N–H and O–H groups in total. The van der Waals surface area contributed by atoms with Gasteiger partial charge in [-0.15, -0.1) is 0 Å². The molecule has 0 spiro atoms. The Bertz CT molecular complexity index is 251. The van der Waals surface area contributed by atoms with Crippen molar-refractivity contribution in [2.75, 3.05) is 13.1 Å². The number of benzene rings is 1. The van der Waals surface area contributed by atoms with E-state index in [4.69, 9.17) is 4.74 Å². The van der Waals surface area contributed by atoms with Crippen LogP contribution in [0.2, 0.25) is 0 Å². The van der Waals surface area contributed by atoms with Crippen LogP contribution in [-0.2, 0) is 18.0 Å². The maximum atomic E-state index is 5.21. The molecule has 1 aromatic rings. The lowest BCUT2D eigenvalue weighted by Crippen LogP contribution is -2.03. The molecule has 14 heavy (non-hydrogen) atoms. The van der Waals surface area contributed by atoms with Gasteiger partial charge in [-0.2, -0.15) is 0 Å². The molecule has 0 amide bonds. The van der Waals surface area contributed by atoms with Crippen molar-refractivity contribution in [1.82, 2.24) is 5.32 Å². The van der Waals surface area contributed by atoms with Crippen LogP contribution in [0.1, 0.15) is 24.0 Å². The summed E-state index contributed by atoms with van der Waals surface area (Å²) in [6.45, 7) is 4.10. The van der Waals surface area contributed by atoms with E-state index in [0.717, 1.165) is 13.2 Å². The van der Waals surface area contributed by atoms with E-state index in [1.165, 1.54) is 37.1 Å². The molecule has 2 nitrogen and oxygen atoms in total. The molecular formula is C12H17NO. The van der Waals surface area contributed by atoms with E-state index < -0.39 is 0 Å². The number of ether oxygens (including phenoxy) is 1. The highest BCUT2D eigenvalue weighted by atomic mass is 16.5. The fourth-order valence-corrected chi connectivity index (χ4v) is 1.74. The highest BCUT2D eigenvalue weighted by molar-refractivity contribution is 5.27. The van der Waals surface area contributed by atoms with Crippen LogP contribution in [0.15, 0.2) is 24.3 Å². The van der Waals surface area contributed by atoms with Gasteiger partial charge in [0.25, 0.3) is 0 Å². The van der Waals surface area contributed by atoms with E-state index in [9.17, 15) is 0 Å². The Kier molecular flexibility index (Phi) is 3.55. The predicted octanol–water partition coefficient (Wildman–Crippen LogP) is 2.09. The lowest BCUT2D eigenvalue weighted by Gasteiger charge is -1.90. The van der Waals surface area contributed by atoms with Crippen molar-refractivity contribution in [2.24, 2.45) is 0 Å². The van der Waals surface area contributed by atoms with E-state index in [-0.39, 0.29) is 0 Å². The lowest BCUT2D eigenvalue weighted by atomic mass is 10.1. The van der Waals surface area contributed by atoms with Gasteiger partial charge < -0.3 is 10.1 Å². The minimum atomic E-state index is 0.802. The molecule has 2 heteroatoms. The lowest BCUT2D eigenvalue weighted by molar-refractivity contribution is 0.134. The Hall–Kier alpha value is -0.860. The molecule has 1 aromatic carbocycles. The molecule has 0 bridgehead atoms. The molecule has 0 unspecified atom stereocenters. The second-order valence-electron chi connectivity index (χ2n) is 3.72. The Morgan fingerprint density at radius 1 is 0.929 bits per heavy atom. The normalized spacial score (nSPS) is 18.6. The summed E-state index contributed by atoms with van der Waals surface area (Å²) in [5, 5.41) is 3.22. The van der Waals surface area contributed by atoms with Gasteiger partial charge in [0.1, 0.15) is 0 Å². The molecule has 2 aliphatic heterocycles. The SMILES string of the molecule is C1CCNC1.c1ccc2c(c1)COC2. The molecule has 2 heterocycles. The number of rotatable bonds is 0. The Balaban J connectivity index is 0.000000128. The van der Waals surface area contributed by atoms with Crippen LogP contribution in [-0.4, -0.2) is 13.1 Å².